The van der Waals surface area contributed by atoms with E-state index in [1.54, 1.807) is 0 Å². The van der Waals surface area contributed by atoms with Crippen LogP contribution in [0.15, 0.2) is 47.0 Å². The quantitative estimate of drug-likeness (QED) is 0.705. The zero-order chi connectivity index (χ0) is 17.9. The highest BCUT2D eigenvalue weighted by atomic mass is 35.5. The van der Waals surface area contributed by atoms with Crippen molar-refractivity contribution in [2.24, 2.45) is 0 Å². The van der Waals surface area contributed by atoms with Crippen LogP contribution < -0.4 is 0 Å². The summed E-state index contributed by atoms with van der Waals surface area (Å²) in [7, 11) is 0. The second-order valence-corrected chi connectivity index (χ2v) is 7.24. The van der Waals surface area contributed by atoms with Gasteiger partial charge in [0.15, 0.2) is 0 Å². The molecule has 5 nitrogen and oxygen atoms in total. The second kappa shape index (κ2) is 7.66. The van der Waals surface area contributed by atoms with Gasteiger partial charge in [0.2, 0.25) is 0 Å². The zero-order valence-electron chi connectivity index (χ0n) is 14.5. The number of aliphatic hydroxyl groups is 1. The second-order valence-electron chi connectivity index (χ2n) is 6.80. The summed E-state index contributed by atoms with van der Waals surface area (Å²) < 4.78 is 5.64. The molecule has 0 bridgehead atoms. The maximum absolute atomic E-state index is 9.15. The molecule has 1 unspecified atom stereocenters. The summed E-state index contributed by atoms with van der Waals surface area (Å²) in [6, 6.07) is 11.7. The molecule has 1 saturated heterocycles. The predicted octanol–water partition coefficient (Wildman–Crippen LogP) is 4.20. The fourth-order valence-electron chi connectivity index (χ4n) is 3.71. The standard InChI is InChI=1S/C20H22ClN3O2/c21-16-5-3-14(4-6-16)19-10-22-23-20(19)15-2-1-9-24(11-15)12-17-7-8-18(13-25)26-17/h3-8,10,15,25H,1-2,9,11-13H2,(H,22,23). The van der Waals surface area contributed by atoms with E-state index in [2.05, 4.69) is 15.1 Å². The number of halogens is 1. The molecule has 0 aliphatic carbocycles. The van der Waals surface area contributed by atoms with Gasteiger partial charge in [-0.3, -0.25) is 10.00 Å². The Morgan fingerprint density at radius 2 is 2.00 bits per heavy atom. The lowest BCUT2D eigenvalue weighted by molar-refractivity contribution is 0.179. The SMILES string of the molecule is OCc1ccc(CN2CCCC(c3[nH]ncc3-c3ccc(Cl)cc3)C2)o1. The van der Waals surface area contributed by atoms with Gasteiger partial charge in [0.25, 0.3) is 0 Å². The molecule has 2 N–H and O–H groups in total. The molecule has 1 atom stereocenters. The van der Waals surface area contributed by atoms with Crippen LogP contribution in [-0.2, 0) is 13.2 Å². The van der Waals surface area contributed by atoms with Gasteiger partial charge in [-0.25, -0.2) is 0 Å². The van der Waals surface area contributed by atoms with Crippen molar-refractivity contribution in [3.05, 3.63) is 64.8 Å². The van der Waals surface area contributed by atoms with Crippen molar-refractivity contribution >= 4 is 11.6 Å². The van der Waals surface area contributed by atoms with Gasteiger partial charge in [0.1, 0.15) is 18.1 Å². The molecule has 3 aromatic rings. The number of nitrogens with one attached hydrogen (secondary N) is 1. The van der Waals surface area contributed by atoms with E-state index >= 15 is 0 Å². The van der Waals surface area contributed by atoms with E-state index < -0.39 is 0 Å². The lowest BCUT2D eigenvalue weighted by Gasteiger charge is -2.32. The Kier molecular flexibility index (Phi) is 5.11. The Balaban J connectivity index is 1.50. The largest absolute Gasteiger partial charge is 0.462 e. The number of hydrogen-bond donors (Lipinski definition) is 2. The molecule has 0 amide bonds. The molecule has 26 heavy (non-hydrogen) atoms. The molecule has 1 aromatic carbocycles. The van der Waals surface area contributed by atoms with E-state index in [0.717, 1.165) is 54.4 Å². The number of likely N-dealkylation sites (tertiary alicyclic amines) is 1. The minimum absolute atomic E-state index is 0.0543. The van der Waals surface area contributed by atoms with Crippen LogP contribution in [0.25, 0.3) is 11.1 Å². The van der Waals surface area contributed by atoms with Crippen molar-refractivity contribution in [1.29, 1.82) is 0 Å². The van der Waals surface area contributed by atoms with Gasteiger partial charge in [-0.1, -0.05) is 23.7 Å². The van der Waals surface area contributed by atoms with E-state index in [0.29, 0.717) is 11.7 Å². The fourth-order valence-corrected chi connectivity index (χ4v) is 3.84. The number of aliphatic hydroxyl groups excluding tert-OH is 1. The molecule has 1 fully saturated rings. The third-order valence-electron chi connectivity index (χ3n) is 4.99. The Morgan fingerprint density at radius 1 is 1.19 bits per heavy atom. The first-order chi connectivity index (χ1) is 12.7. The van der Waals surface area contributed by atoms with Crippen LogP contribution in [-0.4, -0.2) is 33.3 Å². The van der Waals surface area contributed by atoms with Crippen LogP contribution in [0, 0.1) is 0 Å². The van der Waals surface area contributed by atoms with Crippen LogP contribution in [0.1, 0.15) is 36.0 Å². The van der Waals surface area contributed by atoms with E-state index in [9.17, 15) is 0 Å². The van der Waals surface area contributed by atoms with Gasteiger partial charge < -0.3 is 9.52 Å². The number of rotatable bonds is 5. The molecule has 0 spiro atoms. The molecule has 2 aromatic heterocycles. The van der Waals surface area contributed by atoms with E-state index in [4.69, 9.17) is 21.1 Å². The van der Waals surface area contributed by atoms with Gasteiger partial charge in [-0.05, 0) is 49.2 Å². The Morgan fingerprint density at radius 3 is 2.77 bits per heavy atom. The van der Waals surface area contributed by atoms with E-state index in [-0.39, 0.29) is 6.61 Å². The first kappa shape index (κ1) is 17.3. The smallest absolute Gasteiger partial charge is 0.129 e. The number of aromatic amines is 1. The first-order valence-electron chi connectivity index (χ1n) is 8.93. The number of furan rings is 1. The molecule has 136 valence electrons. The molecule has 0 saturated carbocycles. The van der Waals surface area contributed by atoms with Gasteiger partial charge in [-0.2, -0.15) is 5.10 Å². The topological polar surface area (TPSA) is 65.3 Å². The van der Waals surface area contributed by atoms with E-state index in [1.165, 1.54) is 5.69 Å². The highest BCUT2D eigenvalue weighted by Crippen LogP contribution is 2.33. The maximum atomic E-state index is 9.15. The zero-order valence-corrected chi connectivity index (χ0v) is 15.2. The summed E-state index contributed by atoms with van der Waals surface area (Å²) in [5.74, 6) is 1.92. The van der Waals surface area contributed by atoms with Crippen molar-refractivity contribution < 1.29 is 9.52 Å². The van der Waals surface area contributed by atoms with Gasteiger partial charge in [0, 0.05) is 28.7 Å². The van der Waals surface area contributed by atoms with Crippen molar-refractivity contribution in [1.82, 2.24) is 15.1 Å². The van der Waals surface area contributed by atoms with Crippen LogP contribution in [0.4, 0.5) is 0 Å². The molecular weight excluding hydrogens is 350 g/mol. The third kappa shape index (κ3) is 3.70. The van der Waals surface area contributed by atoms with Gasteiger partial charge >= 0.3 is 0 Å². The fraction of sp³-hybridized carbons (Fsp3) is 0.350. The van der Waals surface area contributed by atoms with Crippen molar-refractivity contribution in [3.63, 3.8) is 0 Å². The number of benzene rings is 1. The summed E-state index contributed by atoms with van der Waals surface area (Å²) >= 11 is 6.02. The Bertz CT molecular complexity index is 856. The molecule has 4 rings (SSSR count). The van der Waals surface area contributed by atoms with Crippen LogP contribution in [0.2, 0.25) is 5.02 Å². The number of H-pyrrole nitrogens is 1. The average molecular weight is 372 g/mol. The highest BCUT2D eigenvalue weighted by Gasteiger charge is 2.25. The summed E-state index contributed by atoms with van der Waals surface area (Å²) in [5.41, 5.74) is 3.47. The predicted molar refractivity (Wildman–Crippen MR) is 101 cm³/mol. The van der Waals surface area contributed by atoms with E-state index in [1.807, 2.05) is 42.6 Å². The van der Waals surface area contributed by atoms with Crippen molar-refractivity contribution in [2.75, 3.05) is 13.1 Å². The molecule has 1 aliphatic rings. The summed E-state index contributed by atoms with van der Waals surface area (Å²) in [6.45, 7) is 2.72. The molecule has 6 heteroatoms. The number of aromatic nitrogens is 2. The summed E-state index contributed by atoms with van der Waals surface area (Å²) in [5, 5.41) is 17.4. The normalized spacial score (nSPS) is 18.3. The number of nitrogens with zero attached hydrogens (tertiary/aromatic N) is 2. The average Bonchev–Trinajstić information content (AvgIpc) is 3.32. The first-order valence-corrected chi connectivity index (χ1v) is 9.30. The highest BCUT2D eigenvalue weighted by molar-refractivity contribution is 6.30. The summed E-state index contributed by atoms with van der Waals surface area (Å²) in [4.78, 5) is 2.40. The molecular formula is C20H22ClN3O2. The summed E-state index contributed by atoms with van der Waals surface area (Å²) in [6.07, 6.45) is 4.17. The number of hydrogen-bond acceptors (Lipinski definition) is 4. The Labute approximate surface area is 157 Å². The lowest BCUT2D eigenvalue weighted by Crippen LogP contribution is -2.34. The molecule has 1 aliphatic heterocycles. The van der Waals surface area contributed by atoms with Crippen molar-refractivity contribution in [3.8, 4) is 11.1 Å². The van der Waals surface area contributed by atoms with Crippen LogP contribution >= 0.6 is 11.6 Å². The Hall–Kier alpha value is -2.08. The van der Waals surface area contributed by atoms with Crippen LogP contribution in [0.5, 0.6) is 0 Å². The third-order valence-corrected chi connectivity index (χ3v) is 5.24. The number of piperidine rings is 1. The lowest BCUT2D eigenvalue weighted by atomic mass is 9.90. The minimum atomic E-state index is -0.0543. The monoisotopic (exact) mass is 371 g/mol. The van der Waals surface area contributed by atoms with Gasteiger partial charge in [-0.15, -0.1) is 0 Å². The van der Waals surface area contributed by atoms with Crippen LogP contribution in [0.3, 0.4) is 0 Å². The molecule has 3 heterocycles. The van der Waals surface area contributed by atoms with Gasteiger partial charge in [0.05, 0.1) is 12.7 Å². The van der Waals surface area contributed by atoms with Crippen molar-refractivity contribution in [2.45, 2.75) is 31.9 Å². The molecule has 0 radical (unpaired) electrons. The maximum Gasteiger partial charge on any atom is 0.129 e. The minimum Gasteiger partial charge on any atom is -0.462 e.